The molecule has 1 aromatic carbocycles. The zero-order valence-corrected chi connectivity index (χ0v) is 18.9. The number of hydrogen-bond acceptors (Lipinski definition) is 6. The number of hydrogen-bond donors (Lipinski definition) is 1. The number of aryl methyl sites for hydroxylation is 2. The Hall–Kier alpha value is -2.61. The van der Waals surface area contributed by atoms with E-state index in [2.05, 4.69) is 5.32 Å². The molecule has 0 saturated heterocycles. The maximum atomic E-state index is 12.7. The van der Waals surface area contributed by atoms with Gasteiger partial charge in [-0.15, -0.1) is 0 Å². The summed E-state index contributed by atoms with van der Waals surface area (Å²) in [5.74, 6) is 0.234. The third kappa shape index (κ3) is 3.96. The number of fused-ring (bicyclic) bond motifs is 2. The molecular formula is C24H27NO6S. The summed E-state index contributed by atoms with van der Waals surface area (Å²) in [6.45, 7) is 1.82. The summed E-state index contributed by atoms with van der Waals surface area (Å²) in [5, 5.41) is 4.57. The van der Waals surface area contributed by atoms with Gasteiger partial charge in [-0.25, -0.2) is 13.2 Å². The van der Waals surface area contributed by atoms with Gasteiger partial charge in [0.2, 0.25) is 5.91 Å². The van der Waals surface area contributed by atoms with E-state index >= 15 is 0 Å². The molecule has 2 aliphatic heterocycles. The van der Waals surface area contributed by atoms with Crippen molar-refractivity contribution in [1.82, 2.24) is 5.32 Å². The monoisotopic (exact) mass is 457 g/mol. The molecule has 1 saturated carbocycles. The number of sulfone groups is 1. The topological polar surface area (TPSA) is 103 Å². The molecule has 2 aromatic rings. The highest BCUT2D eigenvalue weighted by atomic mass is 32.2. The van der Waals surface area contributed by atoms with Crippen molar-refractivity contribution < 1.29 is 22.4 Å². The van der Waals surface area contributed by atoms with Crippen molar-refractivity contribution in [2.75, 3.05) is 5.75 Å². The molecular weight excluding hydrogens is 430 g/mol. The third-order valence-corrected chi connectivity index (χ3v) is 8.42. The van der Waals surface area contributed by atoms with E-state index in [0.717, 1.165) is 47.8 Å². The van der Waals surface area contributed by atoms with Crippen LogP contribution in [0.3, 0.4) is 0 Å². The van der Waals surface area contributed by atoms with E-state index in [1.165, 1.54) is 25.3 Å². The summed E-state index contributed by atoms with van der Waals surface area (Å²) in [7, 11) is -3.27. The number of amides is 1. The zero-order valence-electron chi connectivity index (χ0n) is 18.1. The molecule has 1 N–H and O–H groups in total. The summed E-state index contributed by atoms with van der Waals surface area (Å²) in [5.41, 5.74) is 1.93. The van der Waals surface area contributed by atoms with Crippen LogP contribution in [0.5, 0.6) is 5.75 Å². The molecule has 5 rings (SSSR count). The molecule has 3 heterocycles. The van der Waals surface area contributed by atoms with Gasteiger partial charge in [-0.1, -0.05) is 6.42 Å². The standard InChI is InChI=1S/C24H27NO6S/c1-15-18-11-16-5-9-24(7-3-2-4-8-24)31-20(16)13-21(18)30-23(27)19(15)12-22(26)25-17-6-10-32(28,29)14-17/h6,10-11,13,17H,2-5,7-9,12,14H2,1H3,(H,25,26)/t17-/m1/s1. The molecule has 0 radical (unpaired) electrons. The molecule has 32 heavy (non-hydrogen) atoms. The summed E-state index contributed by atoms with van der Waals surface area (Å²) >= 11 is 0. The SMILES string of the molecule is Cc1c(CC(=O)N[C@@H]2C=CS(=O)(=O)C2)c(=O)oc2cc3c(cc12)CCC1(CCCCC1)O3. The van der Waals surface area contributed by atoms with E-state index in [0.29, 0.717) is 16.7 Å². The number of rotatable bonds is 3. The lowest BCUT2D eigenvalue weighted by Gasteiger charge is -2.41. The molecule has 170 valence electrons. The number of carbonyl (C=O) groups is 1. The van der Waals surface area contributed by atoms with Crippen molar-refractivity contribution in [1.29, 1.82) is 0 Å². The van der Waals surface area contributed by atoms with Crippen LogP contribution in [0.1, 0.15) is 55.2 Å². The van der Waals surface area contributed by atoms with E-state index in [1.807, 2.05) is 19.1 Å². The maximum absolute atomic E-state index is 12.7. The number of ether oxygens (including phenoxy) is 1. The molecule has 1 fully saturated rings. The van der Waals surface area contributed by atoms with Gasteiger partial charge in [-0.05, 0) is 68.7 Å². The first-order valence-electron chi connectivity index (χ1n) is 11.2. The fourth-order valence-corrected chi connectivity index (χ4v) is 6.47. The molecule has 0 unspecified atom stereocenters. The Morgan fingerprint density at radius 2 is 1.97 bits per heavy atom. The second-order valence-corrected chi connectivity index (χ2v) is 11.2. The van der Waals surface area contributed by atoms with Gasteiger partial charge in [0, 0.05) is 16.9 Å². The number of benzene rings is 1. The highest BCUT2D eigenvalue weighted by Gasteiger charge is 2.37. The van der Waals surface area contributed by atoms with Crippen molar-refractivity contribution in [2.24, 2.45) is 0 Å². The van der Waals surface area contributed by atoms with Gasteiger partial charge in [0.15, 0.2) is 9.84 Å². The highest BCUT2D eigenvalue weighted by molar-refractivity contribution is 7.94. The Morgan fingerprint density at radius 1 is 1.19 bits per heavy atom. The van der Waals surface area contributed by atoms with Crippen LogP contribution in [0, 0.1) is 6.92 Å². The smallest absolute Gasteiger partial charge is 0.340 e. The largest absolute Gasteiger partial charge is 0.487 e. The van der Waals surface area contributed by atoms with Gasteiger partial charge >= 0.3 is 5.63 Å². The maximum Gasteiger partial charge on any atom is 0.340 e. The van der Waals surface area contributed by atoms with Crippen LogP contribution in [-0.4, -0.2) is 31.7 Å². The Morgan fingerprint density at radius 3 is 2.69 bits per heavy atom. The van der Waals surface area contributed by atoms with Gasteiger partial charge in [-0.2, -0.15) is 0 Å². The van der Waals surface area contributed by atoms with Gasteiger partial charge in [0.25, 0.3) is 0 Å². The molecule has 1 aromatic heterocycles. The average molecular weight is 458 g/mol. The Balaban J connectivity index is 1.41. The van der Waals surface area contributed by atoms with E-state index in [-0.39, 0.29) is 17.8 Å². The predicted molar refractivity (Wildman–Crippen MR) is 121 cm³/mol. The normalized spacial score (nSPS) is 23.1. The first-order valence-corrected chi connectivity index (χ1v) is 12.9. The average Bonchev–Trinajstić information content (AvgIpc) is 3.08. The predicted octanol–water partition coefficient (Wildman–Crippen LogP) is 3.10. The van der Waals surface area contributed by atoms with Gasteiger partial charge in [0.05, 0.1) is 23.8 Å². The van der Waals surface area contributed by atoms with E-state index in [1.54, 1.807) is 0 Å². The summed E-state index contributed by atoms with van der Waals surface area (Å²) in [6.07, 6.45) is 8.97. The Bertz CT molecular complexity index is 1280. The minimum absolute atomic E-state index is 0.0888. The van der Waals surface area contributed by atoms with Crippen molar-refractivity contribution in [3.05, 3.63) is 50.7 Å². The fraction of sp³-hybridized carbons (Fsp3) is 0.500. The van der Waals surface area contributed by atoms with Gasteiger partial charge in [0.1, 0.15) is 16.9 Å². The van der Waals surface area contributed by atoms with Crippen LogP contribution in [-0.2, 0) is 27.5 Å². The quantitative estimate of drug-likeness (QED) is 0.711. The van der Waals surface area contributed by atoms with Crippen LogP contribution < -0.4 is 15.7 Å². The molecule has 1 atom stereocenters. The summed E-state index contributed by atoms with van der Waals surface area (Å²) in [4.78, 5) is 25.2. The van der Waals surface area contributed by atoms with Crippen molar-refractivity contribution in [2.45, 2.75) is 69.9 Å². The summed E-state index contributed by atoms with van der Waals surface area (Å²) in [6, 6.07) is 3.27. The van der Waals surface area contributed by atoms with Crippen LogP contribution in [0.4, 0.5) is 0 Å². The Kier molecular flexibility index (Phi) is 5.15. The third-order valence-electron chi connectivity index (χ3n) is 7.02. The van der Waals surface area contributed by atoms with Crippen LogP contribution in [0.15, 0.2) is 32.8 Å². The van der Waals surface area contributed by atoms with E-state index in [9.17, 15) is 18.0 Å². The number of carbonyl (C=O) groups excluding carboxylic acids is 1. The molecule has 1 amide bonds. The highest BCUT2D eigenvalue weighted by Crippen LogP contribution is 2.43. The van der Waals surface area contributed by atoms with Crippen LogP contribution >= 0.6 is 0 Å². The lowest BCUT2D eigenvalue weighted by Crippen LogP contribution is -2.41. The second kappa shape index (κ2) is 7.76. The Labute approximate surface area is 186 Å². The van der Waals surface area contributed by atoms with E-state index < -0.39 is 27.4 Å². The fourth-order valence-electron chi connectivity index (χ4n) is 5.23. The first-order chi connectivity index (χ1) is 15.2. The molecule has 8 heteroatoms. The second-order valence-electron chi connectivity index (χ2n) is 9.30. The molecule has 3 aliphatic rings. The zero-order chi connectivity index (χ0) is 22.5. The molecule has 1 aliphatic carbocycles. The molecule has 7 nitrogen and oxygen atoms in total. The number of nitrogens with one attached hydrogen (secondary N) is 1. The van der Waals surface area contributed by atoms with E-state index in [4.69, 9.17) is 9.15 Å². The molecule has 0 bridgehead atoms. The minimum Gasteiger partial charge on any atom is -0.487 e. The van der Waals surface area contributed by atoms with Gasteiger partial charge in [-0.3, -0.25) is 4.79 Å². The van der Waals surface area contributed by atoms with Crippen LogP contribution in [0.2, 0.25) is 0 Å². The summed E-state index contributed by atoms with van der Waals surface area (Å²) < 4.78 is 35.1. The van der Waals surface area contributed by atoms with Crippen LogP contribution in [0.25, 0.3) is 11.0 Å². The van der Waals surface area contributed by atoms with Crippen molar-refractivity contribution in [3.63, 3.8) is 0 Å². The lowest BCUT2D eigenvalue weighted by molar-refractivity contribution is -0.120. The van der Waals surface area contributed by atoms with Crippen molar-refractivity contribution >= 4 is 26.7 Å². The van der Waals surface area contributed by atoms with Gasteiger partial charge < -0.3 is 14.5 Å². The van der Waals surface area contributed by atoms with Crippen molar-refractivity contribution in [3.8, 4) is 5.75 Å². The lowest BCUT2D eigenvalue weighted by atomic mass is 9.79. The molecule has 1 spiro atoms. The first kappa shape index (κ1) is 21.2. The minimum atomic E-state index is -3.27.